The Morgan fingerprint density at radius 3 is 2.28 bits per heavy atom. The number of hydrogen-bond acceptors (Lipinski definition) is 2. The van der Waals surface area contributed by atoms with Crippen molar-refractivity contribution in [1.29, 1.82) is 0 Å². The second-order valence-corrected chi connectivity index (χ2v) is 10.5. The molecular formula is C35H19N3O. The standard InChI is InChI=1S/C35H19N3O/c1-2-9-21-18-30-26(16-20(21)8-1)27-17-22(23-11-7-12-25-24-10-3-6-15-32(24)39-34(23)25)19-31-33(27)38(30)35-36-28-13-4-5-14-29(28)37(31)35/h1-19H. The van der Waals surface area contributed by atoms with E-state index in [0.717, 1.165) is 55.4 Å². The number of benzene rings is 6. The van der Waals surface area contributed by atoms with Gasteiger partial charge in [-0.15, -0.1) is 0 Å². The lowest BCUT2D eigenvalue weighted by Crippen LogP contribution is -1.85. The van der Waals surface area contributed by atoms with Gasteiger partial charge < -0.3 is 4.42 Å². The van der Waals surface area contributed by atoms with E-state index in [4.69, 9.17) is 9.40 Å². The van der Waals surface area contributed by atoms with E-state index in [-0.39, 0.29) is 0 Å². The van der Waals surface area contributed by atoms with Crippen LogP contribution in [0.2, 0.25) is 0 Å². The summed E-state index contributed by atoms with van der Waals surface area (Å²) in [7, 11) is 0. The molecule has 6 aromatic carbocycles. The number of furan rings is 1. The van der Waals surface area contributed by atoms with Gasteiger partial charge in [0, 0.05) is 27.1 Å². The van der Waals surface area contributed by atoms with Crippen molar-refractivity contribution in [3.63, 3.8) is 0 Å². The minimum Gasteiger partial charge on any atom is -0.455 e. The summed E-state index contributed by atoms with van der Waals surface area (Å²) in [5.41, 5.74) is 9.72. The van der Waals surface area contributed by atoms with E-state index in [1.54, 1.807) is 0 Å². The zero-order valence-corrected chi connectivity index (χ0v) is 20.7. The zero-order chi connectivity index (χ0) is 25.2. The second-order valence-electron chi connectivity index (χ2n) is 10.5. The number of imidazole rings is 2. The molecular weight excluding hydrogens is 478 g/mol. The first-order valence-electron chi connectivity index (χ1n) is 13.2. The molecule has 0 aliphatic carbocycles. The van der Waals surface area contributed by atoms with Crippen LogP contribution in [0.15, 0.2) is 120 Å². The Labute approximate surface area is 221 Å². The lowest BCUT2D eigenvalue weighted by molar-refractivity contribution is 0.670. The summed E-state index contributed by atoms with van der Waals surface area (Å²) in [6, 6.07) is 41.0. The van der Waals surface area contributed by atoms with Gasteiger partial charge in [-0.05, 0) is 58.8 Å². The van der Waals surface area contributed by atoms with E-state index in [9.17, 15) is 0 Å². The van der Waals surface area contributed by atoms with E-state index in [0.29, 0.717) is 0 Å². The van der Waals surface area contributed by atoms with Crippen molar-refractivity contribution in [2.45, 2.75) is 0 Å². The van der Waals surface area contributed by atoms with Gasteiger partial charge in [0.25, 0.3) is 0 Å². The number of rotatable bonds is 1. The lowest BCUT2D eigenvalue weighted by atomic mass is 9.99. The lowest BCUT2D eigenvalue weighted by Gasteiger charge is -2.06. The average molecular weight is 498 g/mol. The van der Waals surface area contributed by atoms with Gasteiger partial charge in [-0.3, -0.25) is 8.80 Å². The first-order chi connectivity index (χ1) is 19.3. The zero-order valence-electron chi connectivity index (χ0n) is 20.7. The maximum absolute atomic E-state index is 6.46. The summed E-state index contributed by atoms with van der Waals surface area (Å²) in [6.45, 7) is 0. The second kappa shape index (κ2) is 6.74. The Morgan fingerprint density at radius 2 is 1.33 bits per heavy atom. The van der Waals surface area contributed by atoms with Crippen LogP contribution in [0.3, 0.4) is 0 Å². The van der Waals surface area contributed by atoms with Gasteiger partial charge in [0.1, 0.15) is 11.2 Å². The van der Waals surface area contributed by atoms with E-state index in [2.05, 4.69) is 112 Å². The quantitative estimate of drug-likeness (QED) is 0.227. The van der Waals surface area contributed by atoms with Gasteiger partial charge >= 0.3 is 0 Å². The molecule has 39 heavy (non-hydrogen) atoms. The Morgan fingerprint density at radius 1 is 0.538 bits per heavy atom. The summed E-state index contributed by atoms with van der Waals surface area (Å²) >= 11 is 0. The summed E-state index contributed by atoms with van der Waals surface area (Å²) in [5.74, 6) is 0.945. The number of aromatic nitrogens is 3. The fraction of sp³-hybridized carbons (Fsp3) is 0. The van der Waals surface area contributed by atoms with Crippen LogP contribution in [-0.4, -0.2) is 13.8 Å². The van der Waals surface area contributed by atoms with Crippen LogP contribution < -0.4 is 0 Å². The van der Waals surface area contributed by atoms with Crippen molar-refractivity contribution < 1.29 is 4.42 Å². The molecule has 0 aliphatic heterocycles. The van der Waals surface area contributed by atoms with E-state index in [1.807, 2.05) is 12.1 Å². The molecule has 0 radical (unpaired) electrons. The monoisotopic (exact) mass is 497 g/mol. The molecule has 0 atom stereocenters. The summed E-state index contributed by atoms with van der Waals surface area (Å²) < 4.78 is 11.1. The molecule has 0 N–H and O–H groups in total. The average Bonchev–Trinajstić information content (AvgIpc) is 3.71. The molecule has 10 aromatic rings. The van der Waals surface area contributed by atoms with Crippen molar-refractivity contribution >= 4 is 76.8 Å². The highest BCUT2D eigenvalue weighted by Crippen LogP contribution is 2.43. The predicted molar refractivity (Wildman–Crippen MR) is 160 cm³/mol. The molecule has 4 heterocycles. The van der Waals surface area contributed by atoms with Gasteiger partial charge in [0.05, 0.1) is 27.6 Å². The van der Waals surface area contributed by atoms with Crippen molar-refractivity contribution in [2.24, 2.45) is 0 Å². The molecule has 0 fully saturated rings. The molecule has 0 unspecified atom stereocenters. The van der Waals surface area contributed by atoms with Crippen molar-refractivity contribution in [3.8, 4) is 11.1 Å². The van der Waals surface area contributed by atoms with Gasteiger partial charge in [0.15, 0.2) is 0 Å². The summed E-state index contributed by atoms with van der Waals surface area (Å²) in [5, 5.41) is 7.22. The van der Waals surface area contributed by atoms with E-state index >= 15 is 0 Å². The minimum atomic E-state index is 0.913. The first-order valence-corrected chi connectivity index (χ1v) is 13.2. The SMILES string of the molecule is c1ccc2cc3c(cc2c1)c1cc(-c2cccc4c2oc2ccccc24)cc2c1n3c1nc3ccccc3n21. The molecule has 10 rings (SSSR count). The Bertz CT molecular complexity index is 2610. The first kappa shape index (κ1) is 19.7. The number of nitrogens with zero attached hydrogens (tertiary/aromatic N) is 3. The van der Waals surface area contributed by atoms with Gasteiger partial charge in [-0.1, -0.05) is 72.8 Å². The van der Waals surface area contributed by atoms with Gasteiger partial charge in [-0.2, -0.15) is 0 Å². The molecule has 0 bridgehead atoms. The van der Waals surface area contributed by atoms with Crippen LogP contribution in [0, 0.1) is 0 Å². The molecule has 4 nitrogen and oxygen atoms in total. The summed E-state index contributed by atoms with van der Waals surface area (Å²) in [4.78, 5) is 5.12. The van der Waals surface area contributed by atoms with Crippen LogP contribution in [-0.2, 0) is 0 Å². The molecule has 0 amide bonds. The van der Waals surface area contributed by atoms with Gasteiger partial charge in [-0.25, -0.2) is 4.98 Å². The van der Waals surface area contributed by atoms with Crippen LogP contribution in [0.5, 0.6) is 0 Å². The van der Waals surface area contributed by atoms with Crippen LogP contribution in [0.25, 0.3) is 88.0 Å². The largest absolute Gasteiger partial charge is 0.455 e. The Kier molecular flexibility index (Phi) is 3.41. The highest BCUT2D eigenvalue weighted by atomic mass is 16.3. The maximum Gasteiger partial charge on any atom is 0.220 e. The fourth-order valence-electron chi connectivity index (χ4n) is 6.72. The van der Waals surface area contributed by atoms with E-state index < -0.39 is 0 Å². The van der Waals surface area contributed by atoms with Crippen LogP contribution >= 0.6 is 0 Å². The smallest absolute Gasteiger partial charge is 0.220 e. The normalized spacial score (nSPS) is 12.6. The molecule has 4 aromatic heterocycles. The molecule has 180 valence electrons. The number of hydrogen-bond donors (Lipinski definition) is 0. The van der Waals surface area contributed by atoms with Crippen molar-refractivity contribution in [1.82, 2.24) is 13.8 Å². The third-order valence-electron chi connectivity index (χ3n) is 8.41. The number of para-hydroxylation sites is 4. The fourth-order valence-corrected chi connectivity index (χ4v) is 6.72. The third-order valence-corrected chi connectivity index (χ3v) is 8.41. The highest BCUT2D eigenvalue weighted by molar-refractivity contribution is 6.20. The molecule has 0 saturated heterocycles. The highest BCUT2D eigenvalue weighted by Gasteiger charge is 2.23. The van der Waals surface area contributed by atoms with E-state index in [1.165, 1.54) is 32.6 Å². The van der Waals surface area contributed by atoms with Crippen molar-refractivity contribution in [2.75, 3.05) is 0 Å². The van der Waals surface area contributed by atoms with Crippen LogP contribution in [0.1, 0.15) is 0 Å². The molecule has 0 saturated carbocycles. The topological polar surface area (TPSA) is 34.9 Å². The molecule has 0 aliphatic rings. The Balaban J connectivity index is 1.44. The Hall–Kier alpha value is -5.35. The maximum atomic E-state index is 6.46. The van der Waals surface area contributed by atoms with Gasteiger partial charge in [0.2, 0.25) is 5.78 Å². The minimum absolute atomic E-state index is 0.913. The van der Waals surface area contributed by atoms with Crippen LogP contribution in [0.4, 0.5) is 0 Å². The third kappa shape index (κ3) is 2.37. The molecule has 0 spiro atoms. The number of fused-ring (bicyclic) bond motifs is 12. The molecule has 4 heteroatoms. The van der Waals surface area contributed by atoms with Crippen molar-refractivity contribution in [3.05, 3.63) is 115 Å². The summed E-state index contributed by atoms with van der Waals surface area (Å²) in [6.07, 6.45) is 0. The predicted octanol–water partition coefficient (Wildman–Crippen LogP) is 9.20.